The van der Waals surface area contributed by atoms with E-state index in [1.165, 1.54) is 41.1 Å². The van der Waals surface area contributed by atoms with Crippen molar-refractivity contribution in [2.75, 3.05) is 6.54 Å². The van der Waals surface area contributed by atoms with Crippen LogP contribution in [0.15, 0.2) is 11.7 Å². The van der Waals surface area contributed by atoms with Gasteiger partial charge in [-0.2, -0.15) is 5.10 Å². The summed E-state index contributed by atoms with van der Waals surface area (Å²) in [5.41, 5.74) is 1.67. The summed E-state index contributed by atoms with van der Waals surface area (Å²) in [4.78, 5) is 26.6. The number of H-pyrrole nitrogens is 1. The summed E-state index contributed by atoms with van der Waals surface area (Å²) in [6, 6.07) is 0. The molecule has 1 amide bonds. The van der Waals surface area contributed by atoms with Crippen LogP contribution in [-0.4, -0.2) is 37.6 Å². The molecule has 0 spiro atoms. The third-order valence-corrected chi connectivity index (χ3v) is 5.93. The summed E-state index contributed by atoms with van der Waals surface area (Å²) in [5, 5.41) is 12.9. The van der Waals surface area contributed by atoms with Crippen LogP contribution in [0.2, 0.25) is 0 Å². The molecule has 0 bridgehead atoms. The normalized spacial score (nSPS) is 13.7. The number of nitrogens with zero attached hydrogens (tertiary/aromatic N) is 4. The first-order valence-electron chi connectivity index (χ1n) is 7.86. The molecule has 0 radical (unpaired) electrons. The first-order valence-corrected chi connectivity index (χ1v) is 9.56. The van der Waals surface area contributed by atoms with Crippen molar-refractivity contribution in [1.82, 2.24) is 30.5 Å². The Balaban J connectivity index is 1.33. The molecule has 2 N–H and O–H groups in total. The molecular formula is C15H16N6OS2. The number of nitrogens with one attached hydrogen (secondary N) is 2. The molecule has 4 rings (SSSR count). The molecular weight excluding hydrogens is 344 g/mol. The van der Waals surface area contributed by atoms with Crippen LogP contribution >= 0.6 is 22.7 Å². The fourth-order valence-corrected chi connectivity index (χ4v) is 4.58. The molecule has 1 aliphatic rings. The van der Waals surface area contributed by atoms with Gasteiger partial charge in [-0.3, -0.25) is 9.89 Å². The summed E-state index contributed by atoms with van der Waals surface area (Å²) >= 11 is 3.16. The molecule has 24 heavy (non-hydrogen) atoms. The highest BCUT2D eigenvalue weighted by Crippen LogP contribution is 2.26. The van der Waals surface area contributed by atoms with Crippen molar-refractivity contribution in [2.24, 2.45) is 0 Å². The van der Waals surface area contributed by atoms with Crippen LogP contribution in [-0.2, 0) is 19.3 Å². The lowest BCUT2D eigenvalue weighted by molar-refractivity contribution is 0.0950. The number of fused-ring (bicyclic) bond motifs is 1. The van der Waals surface area contributed by atoms with E-state index in [0.717, 1.165) is 24.3 Å². The van der Waals surface area contributed by atoms with Gasteiger partial charge in [-0.15, -0.1) is 22.7 Å². The van der Waals surface area contributed by atoms with Gasteiger partial charge in [0, 0.05) is 23.2 Å². The van der Waals surface area contributed by atoms with Crippen LogP contribution < -0.4 is 5.32 Å². The van der Waals surface area contributed by atoms with Crippen LogP contribution in [0, 0.1) is 0 Å². The number of aromatic amines is 1. The van der Waals surface area contributed by atoms with E-state index >= 15 is 0 Å². The van der Waals surface area contributed by atoms with Crippen molar-refractivity contribution in [3.63, 3.8) is 0 Å². The van der Waals surface area contributed by atoms with Crippen molar-refractivity contribution in [3.8, 4) is 10.8 Å². The maximum atomic E-state index is 12.2. The Labute approximate surface area is 146 Å². The van der Waals surface area contributed by atoms with E-state index in [9.17, 15) is 4.79 Å². The molecule has 3 aromatic rings. The van der Waals surface area contributed by atoms with Gasteiger partial charge in [0.15, 0.2) is 10.8 Å². The smallest absolute Gasteiger partial charge is 0.270 e. The number of hydrogen-bond donors (Lipinski definition) is 2. The molecule has 3 heterocycles. The lowest BCUT2D eigenvalue weighted by atomic mass is 10.0. The number of hydrogen-bond acceptors (Lipinski definition) is 7. The maximum Gasteiger partial charge on any atom is 0.270 e. The van der Waals surface area contributed by atoms with Gasteiger partial charge < -0.3 is 5.32 Å². The monoisotopic (exact) mass is 360 g/mol. The Hall–Kier alpha value is -2.13. The standard InChI is InChI=1S/C15H16N6OS2/c22-14(10-7-23-15(20-10)13-17-8-18-21-13)16-6-5-12-19-9-3-1-2-4-11(9)24-12/h7-8H,1-6H2,(H,16,22)(H,17,18,21). The van der Waals surface area contributed by atoms with E-state index in [4.69, 9.17) is 4.98 Å². The van der Waals surface area contributed by atoms with Crippen molar-refractivity contribution in [1.29, 1.82) is 0 Å². The highest BCUT2D eigenvalue weighted by molar-refractivity contribution is 7.13. The van der Waals surface area contributed by atoms with Crippen LogP contribution in [0.25, 0.3) is 10.8 Å². The number of carbonyl (C=O) groups is 1. The molecule has 0 fully saturated rings. The fraction of sp³-hybridized carbons (Fsp3) is 0.400. The Morgan fingerprint density at radius 3 is 3.04 bits per heavy atom. The van der Waals surface area contributed by atoms with Gasteiger partial charge in [0.1, 0.15) is 12.0 Å². The second kappa shape index (κ2) is 6.78. The van der Waals surface area contributed by atoms with Gasteiger partial charge in [-0.25, -0.2) is 15.0 Å². The zero-order valence-electron chi connectivity index (χ0n) is 12.9. The molecule has 0 saturated carbocycles. The van der Waals surface area contributed by atoms with Gasteiger partial charge in [0.2, 0.25) is 0 Å². The number of carbonyl (C=O) groups excluding carboxylic acids is 1. The second-order valence-corrected chi connectivity index (χ2v) is 7.59. The van der Waals surface area contributed by atoms with Gasteiger partial charge in [0.05, 0.1) is 10.7 Å². The van der Waals surface area contributed by atoms with E-state index < -0.39 is 0 Å². The van der Waals surface area contributed by atoms with Crippen molar-refractivity contribution in [3.05, 3.63) is 33.0 Å². The topological polar surface area (TPSA) is 96.5 Å². The van der Waals surface area contributed by atoms with Crippen LogP contribution in [0.1, 0.15) is 38.9 Å². The first-order chi connectivity index (χ1) is 11.8. The SMILES string of the molecule is O=C(NCCc1nc2c(s1)CCCC2)c1csc(-c2ncn[nH]2)n1. The predicted octanol–water partition coefficient (Wildman–Crippen LogP) is 2.24. The summed E-state index contributed by atoms with van der Waals surface area (Å²) < 4.78 is 0. The average molecular weight is 360 g/mol. The van der Waals surface area contributed by atoms with E-state index in [2.05, 4.69) is 25.5 Å². The summed E-state index contributed by atoms with van der Waals surface area (Å²) in [5.74, 6) is 0.408. The summed E-state index contributed by atoms with van der Waals surface area (Å²) in [6.45, 7) is 0.570. The minimum atomic E-state index is -0.168. The molecule has 3 aromatic heterocycles. The van der Waals surface area contributed by atoms with E-state index in [1.54, 1.807) is 16.7 Å². The van der Waals surface area contributed by atoms with Crippen LogP contribution in [0.3, 0.4) is 0 Å². The molecule has 0 unspecified atom stereocenters. The maximum absolute atomic E-state index is 12.2. The quantitative estimate of drug-likeness (QED) is 0.727. The van der Waals surface area contributed by atoms with Gasteiger partial charge >= 0.3 is 0 Å². The van der Waals surface area contributed by atoms with Crippen LogP contribution in [0.5, 0.6) is 0 Å². The lowest BCUT2D eigenvalue weighted by Crippen LogP contribution is -2.25. The molecule has 9 heteroatoms. The predicted molar refractivity (Wildman–Crippen MR) is 92.3 cm³/mol. The Bertz CT molecular complexity index is 815. The second-order valence-electron chi connectivity index (χ2n) is 5.56. The van der Waals surface area contributed by atoms with Gasteiger partial charge in [-0.05, 0) is 25.7 Å². The molecule has 124 valence electrons. The molecule has 1 aliphatic carbocycles. The molecule has 0 atom stereocenters. The molecule has 7 nitrogen and oxygen atoms in total. The average Bonchev–Trinajstić information content (AvgIpc) is 3.33. The van der Waals surface area contributed by atoms with Crippen molar-refractivity contribution in [2.45, 2.75) is 32.1 Å². The van der Waals surface area contributed by atoms with Crippen LogP contribution in [0.4, 0.5) is 0 Å². The third kappa shape index (κ3) is 3.22. The number of amides is 1. The van der Waals surface area contributed by atoms with E-state index in [1.807, 2.05) is 0 Å². The minimum absolute atomic E-state index is 0.168. The van der Waals surface area contributed by atoms with Crippen molar-refractivity contribution >= 4 is 28.6 Å². The number of rotatable bonds is 5. The summed E-state index contributed by atoms with van der Waals surface area (Å²) in [7, 11) is 0. The number of aromatic nitrogens is 5. The molecule has 0 aliphatic heterocycles. The van der Waals surface area contributed by atoms with Crippen molar-refractivity contribution < 1.29 is 4.79 Å². The largest absolute Gasteiger partial charge is 0.350 e. The highest BCUT2D eigenvalue weighted by atomic mass is 32.1. The fourth-order valence-electron chi connectivity index (χ4n) is 2.68. The van der Waals surface area contributed by atoms with E-state index in [0.29, 0.717) is 23.1 Å². The Morgan fingerprint density at radius 1 is 1.29 bits per heavy atom. The number of thiazole rings is 2. The molecule has 0 aromatic carbocycles. The zero-order chi connectivity index (χ0) is 16.4. The molecule has 0 saturated heterocycles. The zero-order valence-corrected chi connectivity index (χ0v) is 14.5. The lowest BCUT2D eigenvalue weighted by Gasteiger charge is -2.06. The van der Waals surface area contributed by atoms with E-state index in [-0.39, 0.29) is 5.91 Å². The van der Waals surface area contributed by atoms with Gasteiger partial charge in [0.25, 0.3) is 5.91 Å². The highest BCUT2D eigenvalue weighted by Gasteiger charge is 2.16. The number of aryl methyl sites for hydroxylation is 2. The third-order valence-electron chi connectivity index (χ3n) is 3.87. The van der Waals surface area contributed by atoms with Gasteiger partial charge in [-0.1, -0.05) is 0 Å². The summed E-state index contributed by atoms with van der Waals surface area (Å²) in [6.07, 6.45) is 6.95. The Morgan fingerprint density at radius 2 is 2.21 bits per heavy atom. The minimum Gasteiger partial charge on any atom is -0.350 e. The Kier molecular flexibility index (Phi) is 4.35. The first kappa shape index (κ1) is 15.4.